The Labute approximate surface area is 270 Å². The van der Waals surface area contributed by atoms with Crippen molar-refractivity contribution in [1.82, 2.24) is 5.32 Å². The number of carbonyl (C=O) groups excluding carboxylic acids is 1. The monoisotopic (exact) mass is 620 g/mol. The molecule has 0 aliphatic heterocycles. The Bertz CT molecular complexity index is 748. The van der Waals surface area contributed by atoms with Gasteiger partial charge in [0.1, 0.15) is 12.2 Å². The Morgan fingerprint density at radius 1 is 0.591 bits per heavy atom. The minimum absolute atomic E-state index is 0.349. The standard InChI is InChI=1S/C38H69NO5/c1-3-5-7-9-11-13-15-17-18-19-20-22-24-26-28-30-32-36(42)38(44)39-34(33-40)37(43)35(41)31-29-27-25-23-21-16-14-12-10-8-6-4-2/h4,6,12,14,17-18,23,25,34-37,40-43H,3,5,7-11,13,15-16,19-22,24,26-33H2,1-2H3,(H,39,44)/b6-4+,14-12+,18-17-,25-23+. The molecule has 4 atom stereocenters. The van der Waals surface area contributed by atoms with E-state index in [-0.39, 0.29) is 0 Å². The lowest BCUT2D eigenvalue weighted by atomic mass is 10.00. The van der Waals surface area contributed by atoms with E-state index in [0.717, 1.165) is 64.2 Å². The molecule has 0 aromatic heterocycles. The number of carbonyl (C=O) groups is 1. The third kappa shape index (κ3) is 26.7. The second kappa shape index (κ2) is 32.7. The topological polar surface area (TPSA) is 110 Å². The quantitative estimate of drug-likeness (QED) is 0.0395. The van der Waals surface area contributed by atoms with Crippen LogP contribution in [0.5, 0.6) is 0 Å². The fourth-order valence-corrected chi connectivity index (χ4v) is 5.14. The minimum atomic E-state index is -1.29. The lowest BCUT2D eigenvalue weighted by molar-refractivity contribution is -0.132. The number of hydrogen-bond acceptors (Lipinski definition) is 5. The van der Waals surface area contributed by atoms with Crippen molar-refractivity contribution in [1.29, 1.82) is 0 Å². The number of hydrogen-bond donors (Lipinski definition) is 5. The summed E-state index contributed by atoms with van der Waals surface area (Å²) in [5, 5.41) is 43.3. The first-order valence-electron chi connectivity index (χ1n) is 18.0. The van der Waals surface area contributed by atoms with Crippen molar-refractivity contribution < 1.29 is 25.2 Å². The van der Waals surface area contributed by atoms with Crippen molar-refractivity contribution in [3.05, 3.63) is 48.6 Å². The summed E-state index contributed by atoms with van der Waals surface area (Å²) in [6.07, 6.45) is 37.1. The third-order valence-corrected chi connectivity index (χ3v) is 8.06. The van der Waals surface area contributed by atoms with E-state index in [1.165, 1.54) is 57.8 Å². The largest absolute Gasteiger partial charge is 0.394 e. The van der Waals surface area contributed by atoms with Crippen LogP contribution >= 0.6 is 0 Å². The molecule has 0 radical (unpaired) electrons. The summed E-state index contributed by atoms with van der Waals surface area (Å²) >= 11 is 0. The van der Waals surface area contributed by atoms with Crippen molar-refractivity contribution in [2.45, 2.75) is 179 Å². The average Bonchev–Trinajstić information content (AvgIpc) is 3.03. The Balaban J connectivity index is 3.91. The van der Waals surface area contributed by atoms with Gasteiger partial charge >= 0.3 is 0 Å². The van der Waals surface area contributed by atoms with Gasteiger partial charge in [-0.05, 0) is 84.0 Å². The molecule has 0 aromatic rings. The van der Waals surface area contributed by atoms with Crippen LogP contribution in [0.2, 0.25) is 0 Å². The van der Waals surface area contributed by atoms with E-state index in [4.69, 9.17) is 0 Å². The van der Waals surface area contributed by atoms with Crippen molar-refractivity contribution in [3.63, 3.8) is 0 Å². The maximum Gasteiger partial charge on any atom is 0.249 e. The number of allylic oxidation sites excluding steroid dienone is 8. The van der Waals surface area contributed by atoms with E-state index in [2.05, 4.69) is 60.8 Å². The molecule has 0 fully saturated rings. The van der Waals surface area contributed by atoms with Crippen molar-refractivity contribution in [2.24, 2.45) is 0 Å². The molecule has 256 valence electrons. The van der Waals surface area contributed by atoms with E-state index < -0.39 is 36.9 Å². The van der Waals surface area contributed by atoms with Crippen LogP contribution in [-0.4, -0.2) is 57.3 Å². The average molecular weight is 620 g/mol. The Kier molecular flexibility index (Phi) is 31.4. The van der Waals surface area contributed by atoms with Crippen LogP contribution in [0, 0.1) is 0 Å². The first-order valence-corrected chi connectivity index (χ1v) is 18.0. The second-order valence-corrected chi connectivity index (χ2v) is 12.2. The zero-order valence-electron chi connectivity index (χ0n) is 28.4. The summed E-state index contributed by atoms with van der Waals surface area (Å²) in [6.45, 7) is 3.78. The molecule has 44 heavy (non-hydrogen) atoms. The molecule has 0 heterocycles. The highest BCUT2D eigenvalue weighted by atomic mass is 16.3. The van der Waals surface area contributed by atoms with Crippen LogP contribution in [0.15, 0.2) is 48.6 Å². The Morgan fingerprint density at radius 3 is 1.57 bits per heavy atom. The number of aliphatic hydroxyl groups excluding tert-OH is 4. The molecule has 0 rings (SSSR count). The Hall–Kier alpha value is -1.73. The molecule has 0 aliphatic rings. The van der Waals surface area contributed by atoms with Gasteiger partial charge in [-0.25, -0.2) is 0 Å². The summed E-state index contributed by atoms with van der Waals surface area (Å²) < 4.78 is 0. The molecule has 0 spiro atoms. The smallest absolute Gasteiger partial charge is 0.249 e. The first kappa shape index (κ1) is 42.3. The molecule has 0 saturated carbocycles. The maximum absolute atomic E-state index is 12.4. The predicted octanol–water partition coefficient (Wildman–Crippen LogP) is 8.39. The molecule has 0 bridgehead atoms. The van der Waals surface area contributed by atoms with E-state index in [9.17, 15) is 25.2 Å². The molecule has 1 amide bonds. The van der Waals surface area contributed by atoms with Gasteiger partial charge < -0.3 is 25.7 Å². The van der Waals surface area contributed by atoms with Gasteiger partial charge in [-0.1, -0.05) is 120 Å². The normalized spacial score (nSPS) is 15.1. The fourth-order valence-electron chi connectivity index (χ4n) is 5.14. The minimum Gasteiger partial charge on any atom is -0.394 e. The number of nitrogens with one attached hydrogen (secondary N) is 1. The highest BCUT2D eigenvalue weighted by Crippen LogP contribution is 2.13. The van der Waals surface area contributed by atoms with Gasteiger partial charge in [0.05, 0.1) is 18.8 Å². The van der Waals surface area contributed by atoms with Gasteiger partial charge in [-0.2, -0.15) is 0 Å². The summed E-state index contributed by atoms with van der Waals surface area (Å²) in [5.74, 6) is -0.609. The Morgan fingerprint density at radius 2 is 1.05 bits per heavy atom. The number of unbranched alkanes of at least 4 members (excludes halogenated alkanes) is 15. The zero-order chi connectivity index (χ0) is 32.5. The molecule has 6 nitrogen and oxygen atoms in total. The lowest BCUT2D eigenvalue weighted by Gasteiger charge is -2.27. The van der Waals surface area contributed by atoms with Gasteiger partial charge in [-0.3, -0.25) is 4.79 Å². The van der Waals surface area contributed by atoms with E-state index in [1.807, 2.05) is 6.92 Å². The third-order valence-electron chi connectivity index (χ3n) is 8.06. The van der Waals surface area contributed by atoms with Crippen LogP contribution in [0.25, 0.3) is 0 Å². The van der Waals surface area contributed by atoms with E-state index in [1.54, 1.807) is 0 Å². The van der Waals surface area contributed by atoms with E-state index >= 15 is 0 Å². The van der Waals surface area contributed by atoms with Gasteiger partial charge in [0.25, 0.3) is 0 Å². The highest BCUT2D eigenvalue weighted by molar-refractivity contribution is 5.80. The number of rotatable bonds is 31. The van der Waals surface area contributed by atoms with Crippen molar-refractivity contribution in [3.8, 4) is 0 Å². The van der Waals surface area contributed by atoms with Crippen LogP contribution in [0.3, 0.4) is 0 Å². The summed E-state index contributed by atoms with van der Waals surface area (Å²) in [5.41, 5.74) is 0. The van der Waals surface area contributed by atoms with E-state index in [0.29, 0.717) is 19.3 Å². The van der Waals surface area contributed by atoms with Crippen LogP contribution < -0.4 is 5.32 Å². The molecule has 0 saturated heterocycles. The summed E-state index contributed by atoms with van der Waals surface area (Å²) in [4.78, 5) is 12.4. The molecule has 0 aromatic carbocycles. The van der Waals surface area contributed by atoms with Gasteiger partial charge in [0, 0.05) is 0 Å². The van der Waals surface area contributed by atoms with Gasteiger partial charge in [-0.15, -0.1) is 0 Å². The van der Waals surface area contributed by atoms with Crippen molar-refractivity contribution >= 4 is 5.91 Å². The molecule has 5 N–H and O–H groups in total. The number of amides is 1. The predicted molar refractivity (Wildman–Crippen MR) is 187 cm³/mol. The van der Waals surface area contributed by atoms with Gasteiger partial charge in [0.2, 0.25) is 5.91 Å². The second-order valence-electron chi connectivity index (χ2n) is 12.2. The first-order chi connectivity index (χ1) is 21.5. The molecular weight excluding hydrogens is 550 g/mol. The van der Waals surface area contributed by atoms with Crippen LogP contribution in [0.4, 0.5) is 0 Å². The molecule has 6 heteroatoms. The molecule has 0 aliphatic carbocycles. The highest BCUT2D eigenvalue weighted by Gasteiger charge is 2.28. The fraction of sp³-hybridized carbons (Fsp3) is 0.763. The SMILES string of the molecule is C/C=C/CC/C=C/CC/C=C/CCCC(O)C(O)C(CO)NC(=O)C(O)CCCCCCCC/C=C\CCCCCCCC. The van der Waals surface area contributed by atoms with Crippen molar-refractivity contribution in [2.75, 3.05) is 6.61 Å². The molecule has 4 unspecified atom stereocenters. The summed E-state index contributed by atoms with van der Waals surface area (Å²) in [7, 11) is 0. The lowest BCUT2D eigenvalue weighted by Crippen LogP contribution is -2.53. The van der Waals surface area contributed by atoms with Gasteiger partial charge in [0.15, 0.2) is 0 Å². The zero-order valence-corrected chi connectivity index (χ0v) is 28.4. The van der Waals surface area contributed by atoms with Crippen LogP contribution in [-0.2, 0) is 4.79 Å². The summed E-state index contributed by atoms with van der Waals surface area (Å²) in [6, 6.07) is -1.01. The van der Waals surface area contributed by atoms with Crippen LogP contribution in [0.1, 0.15) is 155 Å². The number of aliphatic hydroxyl groups is 4. The molecular formula is C38H69NO5. The maximum atomic E-state index is 12.4.